The van der Waals surface area contributed by atoms with Crippen molar-refractivity contribution in [2.24, 2.45) is 5.92 Å². The van der Waals surface area contributed by atoms with E-state index in [9.17, 15) is 8.78 Å². The van der Waals surface area contributed by atoms with E-state index in [1.165, 1.54) is 0 Å². The van der Waals surface area contributed by atoms with E-state index in [0.29, 0.717) is 11.4 Å². The number of alkyl halides is 2. The summed E-state index contributed by atoms with van der Waals surface area (Å²) in [6.45, 7) is 0.247. The van der Waals surface area contributed by atoms with Crippen LogP contribution in [-0.2, 0) is 6.54 Å². The first-order valence-electron chi connectivity index (χ1n) is 6.01. The second kappa shape index (κ2) is 3.94. The molecule has 1 unspecified atom stereocenters. The van der Waals surface area contributed by atoms with Crippen LogP contribution in [0.3, 0.4) is 0 Å². The van der Waals surface area contributed by atoms with Gasteiger partial charge >= 0.3 is 0 Å². The molecular weight excluding hydrogens is 250 g/mol. The molecule has 1 aliphatic rings. The van der Waals surface area contributed by atoms with E-state index in [4.69, 9.17) is 11.5 Å². The molecule has 6 heteroatoms. The van der Waals surface area contributed by atoms with Gasteiger partial charge in [0.25, 0.3) is 5.92 Å². The van der Waals surface area contributed by atoms with Crippen molar-refractivity contribution in [2.75, 3.05) is 11.5 Å². The third kappa shape index (κ3) is 2.25. The van der Waals surface area contributed by atoms with Crippen LogP contribution >= 0.6 is 0 Å². The highest BCUT2D eigenvalue weighted by atomic mass is 19.3. The molecule has 0 bridgehead atoms. The predicted molar refractivity (Wildman–Crippen MR) is 69.5 cm³/mol. The third-order valence-corrected chi connectivity index (χ3v) is 3.42. The van der Waals surface area contributed by atoms with E-state index in [1.54, 1.807) is 29.2 Å². The van der Waals surface area contributed by atoms with Gasteiger partial charge in [0, 0.05) is 30.6 Å². The van der Waals surface area contributed by atoms with Crippen LogP contribution < -0.4 is 11.5 Å². The van der Waals surface area contributed by atoms with Gasteiger partial charge in [-0.3, -0.25) is 4.68 Å². The summed E-state index contributed by atoms with van der Waals surface area (Å²) in [4.78, 5) is 0. The summed E-state index contributed by atoms with van der Waals surface area (Å²) in [5.74, 6) is -3.10. The number of nitrogen functional groups attached to an aromatic ring is 2. The fourth-order valence-electron chi connectivity index (χ4n) is 2.06. The molecule has 4 N–H and O–H groups in total. The molecule has 1 aromatic carbocycles. The van der Waals surface area contributed by atoms with Gasteiger partial charge in [0.1, 0.15) is 0 Å². The predicted octanol–water partition coefficient (Wildman–Crippen LogP) is 2.37. The Hall–Kier alpha value is -2.11. The molecule has 0 saturated heterocycles. The summed E-state index contributed by atoms with van der Waals surface area (Å²) in [6, 6.07) is 5.30. The Balaban J connectivity index is 1.79. The molecule has 2 aromatic rings. The maximum absolute atomic E-state index is 12.8. The molecule has 1 heterocycles. The quantitative estimate of drug-likeness (QED) is 0.836. The maximum atomic E-state index is 12.8. The van der Waals surface area contributed by atoms with Gasteiger partial charge < -0.3 is 11.5 Å². The Bertz CT molecular complexity index is 621. The smallest absolute Gasteiger partial charge is 0.253 e. The van der Waals surface area contributed by atoms with Gasteiger partial charge in [-0.05, 0) is 17.7 Å². The summed E-state index contributed by atoms with van der Waals surface area (Å²) in [7, 11) is 0. The van der Waals surface area contributed by atoms with E-state index < -0.39 is 11.8 Å². The van der Waals surface area contributed by atoms with Crippen molar-refractivity contribution in [2.45, 2.75) is 18.9 Å². The largest absolute Gasteiger partial charge is 0.397 e. The van der Waals surface area contributed by atoms with Crippen molar-refractivity contribution in [1.82, 2.24) is 9.78 Å². The number of rotatable bonds is 3. The molecule has 1 saturated carbocycles. The Morgan fingerprint density at radius 3 is 2.63 bits per heavy atom. The van der Waals surface area contributed by atoms with E-state index in [2.05, 4.69) is 5.10 Å². The molecule has 0 amide bonds. The Kier molecular flexibility index (Phi) is 2.48. The zero-order chi connectivity index (χ0) is 13.6. The van der Waals surface area contributed by atoms with Crippen molar-refractivity contribution >= 4 is 11.4 Å². The molecule has 1 aromatic heterocycles. The highest BCUT2D eigenvalue weighted by Crippen LogP contribution is 2.49. The molecule has 0 radical (unpaired) electrons. The molecule has 0 spiro atoms. The summed E-state index contributed by atoms with van der Waals surface area (Å²) in [5, 5.41) is 4.10. The van der Waals surface area contributed by atoms with Crippen molar-refractivity contribution in [3.8, 4) is 11.1 Å². The van der Waals surface area contributed by atoms with Crippen LogP contribution in [0.2, 0.25) is 0 Å². The topological polar surface area (TPSA) is 69.9 Å². The van der Waals surface area contributed by atoms with Gasteiger partial charge in [-0.2, -0.15) is 5.10 Å². The zero-order valence-corrected chi connectivity index (χ0v) is 10.2. The lowest BCUT2D eigenvalue weighted by Crippen LogP contribution is -2.05. The fourth-order valence-corrected chi connectivity index (χ4v) is 2.06. The second-order valence-electron chi connectivity index (χ2n) is 4.96. The summed E-state index contributed by atoms with van der Waals surface area (Å²) >= 11 is 0. The Labute approximate surface area is 109 Å². The second-order valence-corrected chi connectivity index (χ2v) is 4.96. The average Bonchev–Trinajstić information content (AvgIpc) is 2.76. The first kappa shape index (κ1) is 12.0. The van der Waals surface area contributed by atoms with Crippen molar-refractivity contribution < 1.29 is 8.78 Å². The van der Waals surface area contributed by atoms with Crippen molar-refractivity contribution in [3.63, 3.8) is 0 Å². The van der Waals surface area contributed by atoms with Gasteiger partial charge in [-0.15, -0.1) is 0 Å². The monoisotopic (exact) mass is 264 g/mol. The summed E-state index contributed by atoms with van der Waals surface area (Å²) < 4.78 is 27.2. The number of nitrogens with two attached hydrogens (primary N) is 2. The average molecular weight is 264 g/mol. The molecular formula is C13H14F2N4. The molecule has 1 fully saturated rings. The lowest BCUT2D eigenvalue weighted by Gasteiger charge is -2.02. The number of hydrogen-bond donors (Lipinski definition) is 2. The minimum absolute atomic E-state index is 0.0446. The first-order chi connectivity index (χ1) is 8.95. The van der Waals surface area contributed by atoms with Crippen LogP contribution in [0.15, 0.2) is 30.6 Å². The standard InChI is InChI=1S/C13H14F2N4/c14-13(15)4-10(13)7-19-6-9(5-18-19)8-1-2-11(16)12(17)3-8/h1-3,5-6,10H,4,7,16-17H2. The van der Waals surface area contributed by atoms with E-state index in [-0.39, 0.29) is 13.0 Å². The minimum Gasteiger partial charge on any atom is -0.397 e. The fraction of sp³-hybridized carbons (Fsp3) is 0.308. The Morgan fingerprint density at radius 2 is 2.00 bits per heavy atom. The lowest BCUT2D eigenvalue weighted by molar-refractivity contribution is 0.0942. The molecule has 3 rings (SSSR count). The van der Waals surface area contributed by atoms with Crippen LogP contribution in [-0.4, -0.2) is 15.7 Å². The van der Waals surface area contributed by atoms with E-state index in [0.717, 1.165) is 11.1 Å². The number of hydrogen-bond acceptors (Lipinski definition) is 3. The first-order valence-corrected chi connectivity index (χ1v) is 6.01. The molecule has 4 nitrogen and oxygen atoms in total. The number of nitrogens with zero attached hydrogens (tertiary/aromatic N) is 2. The van der Waals surface area contributed by atoms with Crippen LogP contribution in [0.25, 0.3) is 11.1 Å². The number of halogens is 2. The van der Waals surface area contributed by atoms with Crippen LogP contribution in [0.1, 0.15) is 6.42 Å². The van der Waals surface area contributed by atoms with Gasteiger partial charge in [0.2, 0.25) is 0 Å². The normalized spacial score (nSPS) is 20.4. The summed E-state index contributed by atoms with van der Waals surface area (Å²) in [5.41, 5.74) is 14.1. The number of anilines is 2. The Morgan fingerprint density at radius 1 is 1.26 bits per heavy atom. The van der Waals surface area contributed by atoms with Gasteiger partial charge in [-0.1, -0.05) is 6.07 Å². The molecule has 1 atom stereocenters. The third-order valence-electron chi connectivity index (χ3n) is 3.42. The van der Waals surface area contributed by atoms with Crippen LogP contribution in [0, 0.1) is 5.92 Å². The molecule has 19 heavy (non-hydrogen) atoms. The van der Waals surface area contributed by atoms with E-state index >= 15 is 0 Å². The number of aromatic nitrogens is 2. The van der Waals surface area contributed by atoms with Gasteiger partial charge in [0.15, 0.2) is 0 Å². The highest BCUT2D eigenvalue weighted by Gasteiger charge is 2.56. The molecule has 0 aliphatic heterocycles. The van der Waals surface area contributed by atoms with Crippen molar-refractivity contribution in [1.29, 1.82) is 0 Å². The summed E-state index contributed by atoms with van der Waals surface area (Å²) in [6.07, 6.45) is 3.35. The molecule has 1 aliphatic carbocycles. The minimum atomic E-state index is -2.52. The maximum Gasteiger partial charge on any atom is 0.253 e. The van der Waals surface area contributed by atoms with Gasteiger partial charge in [0.05, 0.1) is 17.6 Å². The lowest BCUT2D eigenvalue weighted by atomic mass is 10.1. The van der Waals surface area contributed by atoms with Crippen molar-refractivity contribution in [3.05, 3.63) is 30.6 Å². The van der Waals surface area contributed by atoms with Crippen LogP contribution in [0.4, 0.5) is 20.2 Å². The van der Waals surface area contributed by atoms with Crippen LogP contribution in [0.5, 0.6) is 0 Å². The highest BCUT2D eigenvalue weighted by molar-refractivity contribution is 5.73. The van der Waals surface area contributed by atoms with E-state index in [1.807, 2.05) is 6.07 Å². The molecule has 100 valence electrons. The number of benzene rings is 1. The SMILES string of the molecule is Nc1ccc(-c2cnn(CC3CC3(F)F)c2)cc1N. The zero-order valence-electron chi connectivity index (χ0n) is 10.2. The van der Waals surface area contributed by atoms with Gasteiger partial charge in [-0.25, -0.2) is 8.78 Å².